The van der Waals surface area contributed by atoms with Gasteiger partial charge in [-0.25, -0.2) is 5.48 Å². The Hall–Kier alpha value is -2.86. The van der Waals surface area contributed by atoms with Gasteiger partial charge in [-0.15, -0.1) is 0 Å². The van der Waals surface area contributed by atoms with Crippen molar-refractivity contribution >= 4 is 11.6 Å². The van der Waals surface area contributed by atoms with Gasteiger partial charge < -0.3 is 9.57 Å². The number of hydrogen-bond donors (Lipinski definition) is 2. The number of carbonyl (C=O) groups excluding carboxylic acids is 1. The van der Waals surface area contributed by atoms with Crippen molar-refractivity contribution in [2.45, 2.75) is 13.5 Å². The van der Waals surface area contributed by atoms with E-state index in [4.69, 9.17) is 14.8 Å². The molecule has 2 aromatic rings. The number of nitrogens with one attached hydrogen (secondary N) is 1. The summed E-state index contributed by atoms with van der Waals surface area (Å²) in [5.41, 5.74) is 3.82. The van der Waals surface area contributed by atoms with Crippen molar-refractivity contribution < 1.29 is 19.6 Å². The maximum Gasteiger partial charge on any atom is 0.297 e. The Labute approximate surface area is 134 Å². The largest absolute Gasteiger partial charge is 0.489 e. The molecule has 6 nitrogen and oxygen atoms in total. The van der Waals surface area contributed by atoms with E-state index in [2.05, 4.69) is 5.16 Å². The number of para-hydroxylation sites is 1. The van der Waals surface area contributed by atoms with Crippen LogP contribution in [0.2, 0.25) is 0 Å². The maximum absolute atomic E-state index is 11.8. The Kier molecular flexibility index (Phi) is 5.71. The van der Waals surface area contributed by atoms with Gasteiger partial charge in [-0.05, 0) is 24.1 Å². The molecule has 0 radical (unpaired) electrons. The minimum Gasteiger partial charge on any atom is -0.489 e. The van der Waals surface area contributed by atoms with Gasteiger partial charge >= 0.3 is 0 Å². The normalized spacial score (nSPS) is 11.0. The lowest BCUT2D eigenvalue weighted by atomic mass is 10.0. The molecule has 0 heterocycles. The number of hydrogen-bond acceptors (Lipinski definition) is 5. The predicted octanol–water partition coefficient (Wildman–Crippen LogP) is 2.43. The summed E-state index contributed by atoms with van der Waals surface area (Å²) in [7, 11) is 1.33. The lowest BCUT2D eigenvalue weighted by molar-refractivity contribution is -0.122. The molecule has 1 amide bonds. The number of amides is 1. The molecule has 2 rings (SSSR count). The molecule has 0 unspecified atom stereocenters. The molecular formula is C17H18N2O4. The highest BCUT2D eigenvalue weighted by molar-refractivity contribution is 6.45. The van der Waals surface area contributed by atoms with Gasteiger partial charge in [0, 0.05) is 5.56 Å². The van der Waals surface area contributed by atoms with E-state index in [0.717, 1.165) is 16.9 Å². The average molecular weight is 314 g/mol. The molecule has 120 valence electrons. The van der Waals surface area contributed by atoms with E-state index in [9.17, 15) is 4.79 Å². The summed E-state index contributed by atoms with van der Waals surface area (Å²) in [6, 6.07) is 14.8. The Morgan fingerprint density at radius 1 is 1.17 bits per heavy atom. The van der Waals surface area contributed by atoms with E-state index in [1.165, 1.54) is 7.11 Å². The van der Waals surface area contributed by atoms with Crippen molar-refractivity contribution in [3.05, 3.63) is 65.2 Å². The van der Waals surface area contributed by atoms with E-state index < -0.39 is 5.91 Å². The van der Waals surface area contributed by atoms with Gasteiger partial charge in [0.2, 0.25) is 0 Å². The lowest BCUT2D eigenvalue weighted by Crippen LogP contribution is -2.30. The topological polar surface area (TPSA) is 80.2 Å². The first-order valence-electron chi connectivity index (χ1n) is 6.99. The zero-order valence-electron chi connectivity index (χ0n) is 12.9. The second-order valence-electron chi connectivity index (χ2n) is 4.77. The van der Waals surface area contributed by atoms with E-state index in [1.807, 2.05) is 43.3 Å². The monoisotopic (exact) mass is 314 g/mol. The van der Waals surface area contributed by atoms with Crippen LogP contribution in [0.3, 0.4) is 0 Å². The van der Waals surface area contributed by atoms with Gasteiger partial charge in [-0.3, -0.25) is 10.0 Å². The lowest BCUT2D eigenvalue weighted by Gasteiger charge is -2.13. The van der Waals surface area contributed by atoms with Gasteiger partial charge in [0.15, 0.2) is 5.71 Å². The van der Waals surface area contributed by atoms with Crippen LogP contribution in [0.4, 0.5) is 0 Å². The standard InChI is InChI=1S/C17H18N2O4/c1-12-7-3-6-10-15(12)23-11-13-8-4-5-9-14(13)16(19-22-2)17(20)18-21/h3-10,21H,11H2,1-2H3,(H,18,20). The average Bonchev–Trinajstić information content (AvgIpc) is 2.59. The molecule has 23 heavy (non-hydrogen) atoms. The van der Waals surface area contributed by atoms with Crippen LogP contribution in [0, 0.1) is 6.92 Å². The van der Waals surface area contributed by atoms with E-state index >= 15 is 0 Å². The summed E-state index contributed by atoms with van der Waals surface area (Å²) in [6.07, 6.45) is 0. The van der Waals surface area contributed by atoms with Crippen molar-refractivity contribution in [3.63, 3.8) is 0 Å². The van der Waals surface area contributed by atoms with Gasteiger partial charge in [-0.2, -0.15) is 0 Å². The van der Waals surface area contributed by atoms with Crippen molar-refractivity contribution in [1.82, 2.24) is 5.48 Å². The summed E-state index contributed by atoms with van der Waals surface area (Å²) in [6.45, 7) is 2.21. The molecule has 0 fully saturated rings. The maximum atomic E-state index is 11.8. The van der Waals surface area contributed by atoms with E-state index in [0.29, 0.717) is 5.56 Å². The molecular weight excluding hydrogens is 296 g/mol. The number of carbonyl (C=O) groups is 1. The predicted molar refractivity (Wildman–Crippen MR) is 85.4 cm³/mol. The number of ether oxygens (including phenoxy) is 1. The zero-order chi connectivity index (χ0) is 16.7. The molecule has 0 spiro atoms. The number of oxime groups is 1. The van der Waals surface area contributed by atoms with Crippen molar-refractivity contribution in [2.75, 3.05) is 7.11 Å². The minimum absolute atomic E-state index is 0.0287. The molecule has 2 N–H and O–H groups in total. The van der Waals surface area contributed by atoms with Crippen LogP contribution in [0.15, 0.2) is 53.7 Å². The molecule has 0 saturated heterocycles. The third-order valence-electron chi connectivity index (χ3n) is 3.25. The number of hydroxylamine groups is 1. The van der Waals surface area contributed by atoms with Crippen molar-refractivity contribution in [3.8, 4) is 5.75 Å². The Bertz CT molecular complexity index is 713. The van der Waals surface area contributed by atoms with Crippen LogP contribution >= 0.6 is 0 Å². The first kappa shape index (κ1) is 16.5. The van der Waals surface area contributed by atoms with Gasteiger partial charge in [0.1, 0.15) is 19.5 Å². The van der Waals surface area contributed by atoms with Crippen LogP contribution in [0.25, 0.3) is 0 Å². The van der Waals surface area contributed by atoms with E-state index in [1.54, 1.807) is 17.6 Å². The number of nitrogens with zero attached hydrogens (tertiary/aromatic N) is 1. The summed E-state index contributed by atoms with van der Waals surface area (Å²) >= 11 is 0. The first-order chi connectivity index (χ1) is 11.2. The highest BCUT2D eigenvalue weighted by atomic mass is 16.6. The summed E-state index contributed by atoms with van der Waals surface area (Å²) < 4.78 is 5.82. The van der Waals surface area contributed by atoms with Crippen LogP contribution < -0.4 is 10.2 Å². The summed E-state index contributed by atoms with van der Waals surface area (Å²) in [5.74, 6) is 0.00864. The Morgan fingerprint density at radius 2 is 1.87 bits per heavy atom. The smallest absolute Gasteiger partial charge is 0.297 e. The van der Waals surface area contributed by atoms with Crippen LogP contribution in [-0.2, 0) is 16.2 Å². The Balaban J connectivity index is 2.28. The molecule has 0 aliphatic rings. The second kappa shape index (κ2) is 7.95. The second-order valence-corrected chi connectivity index (χ2v) is 4.77. The third-order valence-corrected chi connectivity index (χ3v) is 3.25. The highest BCUT2D eigenvalue weighted by Gasteiger charge is 2.18. The highest BCUT2D eigenvalue weighted by Crippen LogP contribution is 2.19. The molecule has 0 aliphatic carbocycles. The SMILES string of the molecule is CON=C(C(=O)NO)c1ccccc1COc1ccccc1C. The van der Waals surface area contributed by atoms with Gasteiger partial charge in [-0.1, -0.05) is 47.6 Å². The Morgan fingerprint density at radius 3 is 2.57 bits per heavy atom. The number of rotatable bonds is 6. The number of benzene rings is 2. The molecule has 6 heteroatoms. The molecule has 2 aromatic carbocycles. The van der Waals surface area contributed by atoms with Gasteiger partial charge in [0.05, 0.1) is 0 Å². The summed E-state index contributed by atoms with van der Waals surface area (Å²) in [4.78, 5) is 16.5. The zero-order valence-corrected chi connectivity index (χ0v) is 12.9. The molecule has 0 saturated carbocycles. The third kappa shape index (κ3) is 4.08. The number of aryl methyl sites for hydroxylation is 1. The fourth-order valence-corrected chi connectivity index (χ4v) is 2.11. The van der Waals surface area contributed by atoms with Crippen LogP contribution in [0.1, 0.15) is 16.7 Å². The summed E-state index contributed by atoms with van der Waals surface area (Å²) in [5, 5.41) is 12.5. The van der Waals surface area contributed by atoms with Gasteiger partial charge in [0.25, 0.3) is 5.91 Å². The van der Waals surface area contributed by atoms with Crippen molar-refractivity contribution in [1.29, 1.82) is 0 Å². The van der Waals surface area contributed by atoms with E-state index in [-0.39, 0.29) is 12.3 Å². The molecule has 0 aromatic heterocycles. The fourth-order valence-electron chi connectivity index (χ4n) is 2.11. The van der Waals surface area contributed by atoms with Crippen LogP contribution in [-0.4, -0.2) is 23.9 Å². The molecule has 0 atom stereocenters. The quantitative estimate of drug-likeness (QED) is 0.487. The molecule has 0 bridgehead atoms. The fraction of sp³-hybridized carbons (Fsp3) is 0.176. The first-order valence-corrected chi connectivity index (χ1v) is 6.99. The van der Waals surface area contributed by atoms with Crippen molar-refractivity contribution in [2.24, 2.45) is 5.16 Å². The molecule has 0 aliphatic heterocycles. The van der Waals surface area contributed by atoms with Crippen LogP contribution in [0.5, 0.6) is 5.75 Å². The minimum atomic E-state index is -0.754.